The fraction of sp³-hybridized carbons (Fsp3) is 0.308. The molecule has 2 N–H and O–H groups in total. The van der Waals surface area contributed by atoms with E-state index in [1.54, 1.807) is 18.2 Å². The van der Waals surface area contributed by atoms with Crippen LogP contribution in [0.2, 0.25) is 0 Å². The van der Waals surface area contributed by atoms with Gasteiger partial charge in [0.1, 0.15) is 17.8 Å². The molecule has 3 rings (SSSR count). The largest absolute Gasteiger partial charge is 0.508 e. The van der Waals surface area contributed by atoms with Gasteiger partial charge in [-0.05, 0) is 25.0 Å². The number of aromatic nitrogens is 2. The van der Waals surface area contributed by atoms with Crippen LogP contribution in [0.3, 0.4) is 0 Å². The van der Waals surface area contributed by atoms with Crippen LogP contribution in [-0.4, -0.2) is 19.8 Å². The second kappa shape index (κ2) is 3.89. The zero-order chi connectivity index (χ0) is 11.8. The van der Waals surface area contributed by atoms with Crippen molar-refractivity contribution in [3.63, 3.8) is 0 Å². The normalized spacial score (nSPS) is 19.0. The quantitative estimate of drug-likeness (QED) is 0.788. The third kappa shape index (κ3) is 1.80. The molecule has 1 atom stereocenters. The molecule has 0 spiro atoms. The summed E-state index contributed by atoms with van der Waals surface area (Å²) in [7, 11) is 0. The Morgan fingerprint density at radius 1 is 1.35 bits per heavy atom. The number of rotatable bonds is 1. The van der Waals surface area contributed by atoms with E-state index < -0.39 is 6.23 Å². The SMILES string of the molecule is Oc1cccc(-c2cn3c(n2)CCCC3O)c1. The van der Waals surface area contributed by atoms with Crippen molar-refractivity contribution in [3.8, 4) is 17.0 Å². The second-order valence-corrected chi connectivity index (χ2v) is 4.37. The topological polar surface area (TPSA) is 58.3 Å². The van der Waals surface area contributed by atoms with Crippen molar-refractivity contribution in [2.45, 2.75) is 25.5 Å². The number of hydrogen-bond donors (Lipinski definition) is 2. The molecule has 0 aliphatic carbocycles. The van der Waals surface area contributed by atoms with E-state index in [0.29, 0.717) is 0 Å². The molecule has 88 valence electrons. The number of aliphatic hydroxyl groups is 1. The predicted octanol–water partition coefficient (Wildman–Crippen LogP) is 2.08. The minimum Gasteiger partial charge on any atom is -0.508 e. The molecule has 1 unspecified atom stereocenters. The first-order chi connectivity index (χ1) is 8.24. The maximum atomic E-state index is 9.85. The van der Waals surface area contributed by atoms with E-state index >= 15 is 0 Å². The molecular weight excluding hydrogens is 216 g/mol. The molecular formula is C13H14N2O2. The van der Waals surface area contributed by atoms with Crippen molar-refractivity contribution in [1.82, 2.24) is 9.55 Å². The number of nitrogens with zero attached hydrogens (tertiary/aromatic N) is 2. The highest BCUT2D eigenvalue weighted by atomic mass is 16.3. The molecule has 0 radical (unpaired) electrons. The Bertz CT molecular complexity index is 548. The average Bonchev–Trinajstić information content (AvgIpc) is 2.74. The first-order valence-corrected chi connectivity index (χ1v) is 5.79. The lowest BCUT2D eigenvalue weighted by Crippen LogP contribution is -2.16. The van der Waals surface area contributed by atoms with Gasteiger partial charge in [-0.1, -0.05) is 12.1 Å². The summed E-state index contributed by atoms with van der Waals surface area (Å²) in [5.41, 5.74) is 1.68. The molecule has 0 saturated carbocycles. The highest BCUT2D eigenvalue weighted by molar-refractivity contribution is 5.60. The zero-order valence-corrected chi connectivity index (χ0v) is 9.37. The maximum absolute atomic E-state index is 9.85. The molecule has 17 heavy (non-hydrogen) atoms. The minimum atomic E-state index is -0.461. The van der Waals surface area contributed by atoms with Gasteiger partial charge < -0.3 is 14.8 Å². The summed E-state index contributed by atoms with van der Waals surface area (Å²) < 4.78 is 1.82. The lowest BCUT2D eigenvalue weighted by molar-refractivity contribution is 0.0781. The molecule has 1 aromatic carbocycles. The highest BCUT2D eigenvalue weighted by Gasteiger charge is 2.19. The van der Waals surface area contributed by atoms with Gasteiger partial charge in [-0.3, -0.25) is 0 Å². The summed E-state index contributed by atoms with van der Waals surface area (Å²) in [6, 6.07) is 7.01. The summed E-state index contributed by atoms with van der Waals surface area (Å²) >= 11 is 0. The van der Waals surface area contributed by atoms with E-state index in [0.717, 1.165) is 36.3 Å². The third-order valence-corrected chi connectivity index (χ3v) is 3.13. The number of aliphatic hydroxyl groups excluding tert-OH is 1. The number of aromatic hydroxyl groups is 1. The van der Waals surface area contributed by atoms with Crippen LogP contribution in [0.15, 0.2) is 30.5 Å². The van der Waals surface area contributed by atoms with Crippen molar-refractivity contribution in [1.29, 1.82) is 0 Å². The number of phenols is 1. The Kier molecular flexibility index (Phi) is 2.37. The first-order valence-electron chi connectivity index (χ1n) is 5.79. The van der Waals surface area contributed by atoms with Gasteiger partial charge in [0.15, 0.2) is 0 Å². The van der Waals surface area contributed by atoms with Crippen LogP contribution in [0.25, 0.3) is 11.3 Å². The van der Waals surface area contributed by atoms with Crippen molar-refractivity contribution in [2.75, 3.05) is 0 Å². The second-order valence-electron chi connectivity index (χ2n) is 4.37. The van der Waals surface area contributed by atoms with Gasteiger partial charge in [0, 0.05) is 18.2 Å². The molecule has 2 heterocycles. The van der Waals surface area contributed by atoms with Crippen LogP contribution in [0.1, 0.15) is 24.9 Å². The standard InChI is InChI=1S/C13H14N2O2/c16-10-4-1-3-9(7-10)11-8-15-12(14-11)5-2-6-13(15)17/h1,3-4,7-8,13,16-17H,2,5-6H2. The molecule has 1 aliphatic heterocycles. The first kappa shape index (κ1) is 10.4. The van der Waals surface area contributed by atoms with Crippen molar-refractivity contribution in [2.24, 2.45) is 0 Å². The summed E-state index contributed by atoms with van der Waals surface area (Å²) in [6.07, 6.45) is 4.04. The molecule has 4 nitrogen and oxygen atoms in total. The van der Waals surface area contributed by atoms with E-state index in [9.17, 15) is 10.2 Å². The number of benzene rings is 1. The Morgan fingerprint density at radius 3 is 3.00 bits per heavy atom. The minimum absolute atomic E-state index is 0.231. The van der Waals surface area contributed by atoms with Gasteiger partial charge >= 0.3 is 0 Å². The van der Waals surface area contributed by atoms with Crippen molar-refractivity contribution < 1.29 is 10.2 Å². The van der Waals surface area contributed by atoms with Crippen LogP contribution in [0.4, 0.5) is 0 Å². The Hall–Kier alpha value is -1.81. The molecule has 1 aliphatic rings. The Balaban J connectivity index is 2.05. The Morgan fingerprint density at radius 2 is 2.24 bits per heavy atom. The van der Waals surface area contributed by atoms with Gasteiger partial charge in [-0.25, -0.2) is 4.98 Å². The molecule has 0 fully saturated rings. The van der Waals surface area contributed by atoms with Gasteiger partial charge in [0.2, 0.25) is 0 Å². The molecule has 1 aromatic heterocycles. The van der Waals surface area contributed by atoms with Gasteiger partial charge in [0.25, 0.3) is 0 Å². The lowest BCUT2D eigenvalue weighted by atomic mass is 10.1. The molecule has 0 amide bonds. The van der Waals surface area contributed by atoms with E-state index in [2.05, 4.69) is 4.98 Å². The third-order valence-electron chi connectivity index (χ3n) is 3.13. The smallest absolute Gasteiger partial charge is 0.131 e. The van der Waals surface area contributed by atoms with Gasteiger partial charge in [0.05, 0.1) is 5.69 Å². The maximum Gasteiger partial charge on any atom is 0.131 e. The Labute approximate surface area is 99.2 Å². The average molecular weight is 230 g/mol. The summed E-state index contributed by atoms with van der Waals surface area (Å²) in [4.78, 5) is 4.50. The van der Waals surface area contributed by atoms with Gasteiger partial charge in [-0.15, -0.1) is 0 Å². The number of imidazole rings is 1. The molecule has 4 heteroatoms. The number of phenolic OH excluding ortho intramolecular Hbond substituents is 1. The fourth-order valence-electron chi connectivity index (χ4n) is 2.26. The van der Waals surface area contributed by atoms with Crippen LogP contribution < -0.4 is 0 Å². The summed E-state index contributed by atoms with van der Waals surface area (Å²) in [5, 5.41) is 19.3. The molecule has 0 saturated heterocycles. The van der Waals surface area contributed by atoms with E-state index in [-0.39, 0.29) is 5.75 Å². The van der Waals surface area contributed by atoms with Crippen LogP contribution >= 0.6 is 0 Å². The van der Waals surface area contributed by atoms with Crippen LogP contribution in [0, 0.1) is 0 Å². The molecule has 2 aromatic rings. The van der Waals surface area contributed by atoms with Crippen LogP contribution in [-0.2, 0) is 6.42 Å². The fourth-order valence-corrected chi connectivity index (χ4v) is 2.26. The summed E-state index contributed by atoms with van der Waals surface area (Å²) in [6.45, 7) is 0. The van der Waals surface area contributed by atoms with E-state index in [1.807, 2.05) is 16.8 Å². The summed E-state index contributed by atoms with van der Waals surface area (Å²) in [5.74, 6) is 1.15. The number of hydrogen-bond acceptors (Lipinski definition) is 3. The van der Waals surface area contributed by atoms with E-state index in [4.69, 9.17) is 0 Å². The lowest BCUT2D eigenvalue weighted by Gasteiger charge is -2.19. The monoisotopic (exact) mass is 230 g/mol. The number of fused-ring (bicyclic) bond motifs is 1. The highest BCUT2D eigenvalue weighted by Crippen LogP contribution is 2.28. The van der Waals surface area contributed by atoms with Crippen LogP contribution in [0.5, 0.6) is 5.75 Å². The van der Waals surface area contributed by atoms with E-state index in [1.165, 1.54) is 0 Å². The van der Waals surface area contributed by atoms with Crippen molar-refractivity contribution in [3.05, 3.63) is 36.3 Å². The zero-order valence-electron chi connectivity index (χ0n) is 9.37. The van der Waals surface area contributed by atoms with Crippen molar-refractivity contribution >= 4 is 0 Å². The van der Waals surface area contributed by atoms with Gasteiger partial charge in [-0.2, -0.15) is 0 Å². The number of aryl methyl sites for hydroxylation is 1. The molecule has 0 bridgehead atoms. The predicted molar refractivity (Wildman–Crippen MR) is 63.5 cm³/mol.